The third-order valence-corrected chi connectivity index (χ3v) is 6.10. The standard InChI is InChI=1S/C10H18N2O2S2/c11-9(15)10(5-2-1-3-6-10)12-7-4-8-16(12,13)14/h1-8H2,(H2,11,15). The van der Waals surface area contributed by atoms with E-state index in [-0.39, 0.29) is 5.75 Å². The van der Waals surface area contributed by atoms with E-state index >= 15 is 0 Å². The molecule has 1 aliphatic heterocycles. The molecule has 0 unspecified atom stereocenters. The van der Waals surface area contributed by atoms with Gasteiger partial charge in [-0.25, -0.2) is 8.42 Å². The van der Waals surface area contributed by atoms with Gasteiger partial charge in [0, 0.05) is 6.54 Å². The molecule has 1 saturated heterocycles. The first-order valence-electron chi connectivity index (χ1n) is 5.79. The Hall–Kier alpha value is -0.200. The third kappa shape index (κ3) is 1.87. The van der Waals surface area contributed by atoms with Crippen molar-refractivity contribution in [3.63, 3.8) is 0 Å². The quantitative estimate of drug-likeness (QED) is 0.754. The molecule has 6 heteroatoms. The average molecular weight is 262 g/mol. The lowest BCUT2D eigenvalue weighted by Gasteiger charge is -2.42. The van der Waals surface area contributed by atoms with Gasteiger partial charge in [-0.3, -0.25) is 0 Å². The van der Waals surface area contributed by atoms with Gasteiger partial charge in [0.2, 0.25) is 10.0 Å². The highest BCUT2D eigenvalue weighted by Crippen LogP contribution is 2.38. The van der Waals surface area contributed by atoms with Gasteiger partial charge in [0.15, 0.2) is 0 Å². The molecule has 0 aromatic rings. The van der Waals surface area contributed by atoms with Gasteiger partial charge in [-0.15, -0.1) is 0 Å². The zero-order valence-electron chi connectivity index (χ0n) is 9.31. The topological polar surface area (TPSA) is 63.4 Å². The highest BCUT2D eigenvalue weighted by Gasteiger charge is 2.48. The Kier molecular flexibility index (Phi) is 3.25. The van der Waals surface area contributed by atoms with Gasteiger partial charge in [-0.05, 0) is 19.3 Å². The lowest BCUT2D eigenvalue weighted by Crippen LogP contribution is -2.58. The second-order valence-corrected chi connectivity index (χ2v) is 7.15. The summed E-state index contributed by atoms with van der Waals surface area (Å²) in [4.78, 5) is 0.359. The zero-order chi connectivity index (χ0) is 11.8. The maximum atomic E-state index is 12.0. The molecule has 1 saturated carbocycles. The van der Waals surface area contributed by atoms with Crippen molar-refractivity contribution in [3.8, 4) is 0 Å². The first-order chi connectivity index (χ1) is 7.49. The smallest absolute Gasteiger partial charge is 0.215 e. The number of hydrogen-bond acceptors (Lipinski definition) is 3. The predicted molar refractivity (Wildman–Crippen MR) is 67.7 cm³/mol. The van der Waals surface area contributed by atoms with Gasteiger partial charge in [0.05, 0.1) is 16.3 Å². The molecule has 16 heavy (non-hydrogen) atoms. The van der Waals surface area contributed by atoms with E-state index in [1.807, 2.05) is 0 Å². The van der Waals surface area contributed by atoms with Crippen LogP contribution in [0.5, 0.6) is 0 Å². The molecule has 2 N–H and O–H groups in total. The molecular formula is C10H18N2O2S2. The molecular weight excluding hydrogens is 244 g/mol. The van der Waals surface area contributed by atoms with Crippen LogP contribution in [-0.4, -0.2) is 35.5 Å². The monoisotopic (exact) mass is 262 g/mol. The number of thiocarbonyl (C=S) groups is 1. The molecule has 4 nitrogen and oxygen atoms in total. The van der Waals surface area contributed by atoms with Crippen LogP contribution in [0.3, 0.4) is 0 Å². The number of nitrogens with two attached hydrogens (primary N) is 1. The van der Waals surface area contributed by atoms with Crippen LogP contribution in [0.2, 0.25) is 0 Å². The van der Waals surface area contributed by atoms with E-state index in [1.165, 1.54) is 0 Å². The van der Waals surface area contributed by atoms with Crippen molar-refractivity contribution in [1.29, 1.82) is 0 Å². The minimum atomic E-state index is -3.12. The summed E-state index contributed by atoms with van der Waals surface area (Å²) in [6.07, 6.45) is 5.47. The van der Waals surface area contributed by atoms with E-state index in [4.69, 9.17) is 18.0 Å². The molecule has 1 aliphatic carbocycles. The summed E-state index contributed by atoms with van der Waals surface area (Å²) in [6, 6.07) is 0. The van der Waals surface area contributed by atoms with Crippen molar-refractivity contribution in [3.05, 3.63) is 0 Å². The largest absolute Gasteiger partial charge is 0.392 e. The Bertz CT molecular complexity index is 386. The molecule has 0 aromatic carbocycles. The fourth-order valence-electron chi connectivity index (χ4n) is 2.88. The summed E-state index contributed by atoms with van der Waals surface area (Å²) in [7, 11) is -3.12. The fraction of sp³-hybridized carbons (Fsp3) is 0.900. The van der Waals surface area contributed by atoms with Crippen molar-refractivity contribution in [2.24, 2.45) is 5.73 Å². The Morgan fingerprint density at radius 3 is 2.25 bits per heavy atom. The summed E-state index contributed by atoms with van der Waals surface area (Å²) < 4.78 is 25.5. The van der Waals surface area contributed by atoms with Crippen LogP contribution < -0.4 is 5.73 Å². The Morgan fingerprint density at radius 2 is 1.81 bits per heavy atom. The van der Waals surface area contributed by atoms with Crippen molar-refractivity contribution < 1.29 is 8.42 Å². The molecule has 2 rings (SSSR count). The second-order valence-electron chi connectivity index (χ2n) is 4.70. The summed E-state index contributed by atoms with van der Waals surface area (Å²) in [5.74, 6) is 0.247. The third-order valence-electron chi connectivity index (χ3n) is 3.72. The Labute approximate surface area is 102 Å². The van der Waals surface area contributed by atoms with Crippen LogP contribution in [0, 0.1) is 0 Å². The fourth-order valence-corrected chi connectivity index (χ4v) is 5.18. The molecule has 1 heterocycles. The molecule has 0 amide bonds. The van der Waals surface area contributed by atoms with E-state index < -0.39 is 15.6 Å². The average Bonchev–Trinajstić information content (AvgIpc) is 2.59. The molecule has 2 fully saturated rings. The summed E-state index contributed by atoms with van der Waals surface area (Å²) in [5.41, 5.74) is 5.28. The first-order valence-corrected chi connectivity index (χ1v) is 7.81. The van der Waals surface area contributed by atoms with E-state index in [2.05, 4.69) is 0 Å². The molecule has 0 radical (unpaired) electrons. The lowest BCUT2D eigenvalue weighted by molar-refractivity contribution is 0.210. The molecule has 2 aliphatic rings. The minimum Gasteiger partial charge on any atom is -0.392 e. The van der Waals surface area contributed by atoms with Gasteiger partial charge in [-0.2, -0.15) is 4.31 Å². The lowest BCUT2D eigenvalue weighted by atomic mass is 9.81. The zero-order valence-corrected chi connectivity index (χ0v) is 10.9. The van der Waals surface area contributed by atoms with Gasteiger partial charge in [0.25, 0.3) is 0 Å². The van der Waals surface area contributed by atoms with Crippen LogP contribution in [0.4, 0.5) is 0 Å². The summed E-state index contributed by atoms with van der Waals surface area (Å²) in [6.45, 7) is 0.583. The molecule has 92 valence electrons. The summed E-state index contributed by atoms with van der Waals surface area (Å²) >= 11 is 5.14. The number of hydrogen-bond donors (Lipinski definition) is 1. The highest BCUT2D eigenvalue weighted by molar-refractivity contribution is 7.89. The van der Waals surface area contributed by atoms with Crippen LogP contribution in [0.1, 0.15) is 38.5 Å². The van der Waals surface area contributed by atoms with Crippen LogP contribution in [0.15, 0.2) is 0 Å². The molecule has 0 atom stereocenters. The minimum absolute atomic E-state index is 0.247. The Balaban J connectivity index is 2.36. The van der Waals surface area contributed by atoms with Gasteiger partial charge in [-0.1, -0.05) is 31.5 Å². The second kappa shape index (κ2) is 4.23. The van der Waals surface area contributed by atoms with Crippen LogP contribution >= 0.6 is 12.2 Å². The van der Waals surface area contributed by atoms with Gasteiger partial charge >= 0.3 is 0 Å². The van der Waals surface area contributed by atoms with E-state index in [1.54, 1.807) is 4.31 Å². The van der Waals surface area contributed by atoms with Crippen molar-refractivity contribution in [1.82, 2.24) is 4.31 Å². The normalized spacial score (nSPS) is 29.0. The SMILES string of the molecule is NC(=S)C1(N2CCCS2(=O)=O)CCCCC1. The van der Waals surface area contributed by atoms with Crippen molar-refractivity contribution >= 4 is 27.2 Å². The Morgan fingerprint density at radius 1 is 1.19 bits per heavy atom. The van der Waals surface area contributed by atoms with Crippen LogP contribution in [0.25, 0.3) is 0 Å². The maximum absolute atomic E-state index is 12.0. The van der Waals surface area contributed by atoms with Crippen LogP contribution in [-0.2, 0) is 10.0 Å². The predicted octanol–water partition coefficient (Wildman–Crippen LogP) is 1.01. The number of sulfonamides is 1. The summed E-state index contributed by atoms with van der Waals surface area (Å²) in [5, 5.41) is 0. The molecule has 0 bridgehead atoms. The van der Waals surface area contributed by atoms with Gasteiger partial charge in [0.1, 0.15) is 0 Å². The van der Waals surface area contributed by atoms with Gasteiger partial charge < -0.3 is 5.73 Å². The van der Waals surface area contributed by atoms with Crippen molar-refractivity contribution in [2.45, 2.75) is 44.1 Å². The number of rotatable bonds is 2. The number of nitrogens with zero attached hydrogens (tertiary/aromatic N) is 1. The van der Waals surface area contributed by atoms with E-state index in [9.17, 15) is 8.42 Å². The molecule has 0 spiro atoms. The van der Waals surface area contributed by atoms with E-state index in [0.29, 0.717) is 18.0 Å². The van der Waals surface area contributed by atoms with E-state index in [0.717, 1.165) is 32.1 Å². The first kappa shape index (κ1) is 12.3. The highest BCUT2D eigenvalue weighted by atomic mass is 32.2. The molecule has 0 aromatic heterocycles. The maximum Gasteiger partial charge on any atom is 0.215 e. The van der Waals surface area contributed by atoms with Crippen molar-refractivity contribution in [2.75, 3.05) is 12.3 Å².